The number of amides is 1. The van der Waals surface area contributed by atoms with Gasteiger partial charge in [0.05, 0.1) is 5.69 Å². The van der Waals surface area contributed by atoms with E-state index < -0.39 is 0 Å². The van der Waals surface area contributed by atoms with Gasteiger partial charge in [0.25, 0.3) is 0 Å². The van der Waals surface area contributed by atoms with Gasteiger partial charge in [-0.05, 0) is 57.4 Å². The predicted molar refractivity (Wildman–Crippen MR) is 85.2 cm³/mol. The Morgan fingerprint density at radius 3 is 2.57 bits per heavy atom. The Kier molecular flexibility index (Phi) is 5.07. The highest BCUT2D eigenvalue weighted by atomic mass is 16.1. The van der Waals surface area contributed by atoms with Crippen molar-refractivity contribution < 1.29 is 4.79 Å². The summed E-state index contributed by atoms with van der Waals surface area (Å²) in [4.78, 5) is 12.0. The molecule has 1 saturated carbocycles. The molecule has 118 valence electrons. The Morgan fingerprint density at radius 1 is 1.33 bits per heavy atom. The van der Waals surface area contributed by atoms with Crippen LogP contribution in [0.15, 0.2) is 0 Å². The van der Waals surface area contributed by atoms with E-state index in [0.717, 1.165) is 18.7 Å². The first-order valence-corrected chi connectivity index (χ1v) is 8.20. The van der Waals surface area contributed by atoms with E-state index >= 15 is 0 Å². The maximum absolute atomic E-state index is 12.0. The van der Waals surface area contributed by atoms with Crippen LogP contribution in [0.2, 0.25) is 0 Å². The molecule has 1 atom stereocenters. The van der Waals surface area contributed by atoms with Gasteiger partial charge in [-0.2, -0.15) is 5.10 Å². The van der Waals surface area contributed by atoms with Crippen molar-refractivity contribution in [3.8, 4) is 0 Å². The summed E-state index contributed by atoms with van der Waals surface area (Å²) >= 11 is 0. The quantitative estimate of drug-likeness (QED) is 0.839. The number of hydrogen-bond acceptors (Lipinski definition) is 2. The number of aromatic nitrogens is 2. The van der Waals surface area contributed by atoms with Crippen molar-refractivity contribution in [2.45, 2.75) is 72.9 Å². The SMILES string of the molecule is Cc1nn(CC(C)C)c(C)c1CCC(=O)NC(C)C1CC1. The molecule has 1 unspecified atom stereocenters. The molecule has 0 aliphatic heterocycles. The zero-order chi connectivity index (χ0) is 15.6. The van der Waals surface area contributed by atoms with E-state index in [4.69, 9.17) is 0 Å². The van der Waals surface area contributed by atoms with Crippen molar-refractivity contribution in [3.05, 3.63) is 17.0 Å². The van der Waals surface area contributed by atoms with Gasteiger partial charge in [0.15, 0.2) is 0 Å². The van der Waals surface area contributed by atoms with Crippen LogP contribution in [0.25, 0.3) is 0 Å². The largest absolute Gasteiger partial charge is 0.353 e. The van der Waals surface area contributed by atoms with Gasteiger partial charge in [-0.15, -0.1) is 0 Å². The fraction of sp³-hybridized carbons (Fsp3) is 0.765. The molecule has 2 rings (SSSR count). The van der Waals surface area contributed by atoms with Crippen LogP contribution >= 0.6 is 0 Å². The third kappa shape index (κ3) is 4.32. The summed E-state index contributed by atoms with van der Waals surface area (Å²) in [5.74, 6) is 1.47. The van der Waals surface area contributed by atoms with Crippen molar-refractivity contribution in [1.29, 1.82) is 0 Å². The highest BCUT2D eigenvalue weighted by Crippen LogP contribution is 2.32. The van der Waals surface area contributed by atoms with E-state index in [9.17, 15) is 4.79 Å². The average Bonchev–Trinajstić information content (AvgIpc) is 3.17. The maximum atomic E-state index is 12.0. The van der Waals surface area contributed by atoms with Gasteiger partial charge in [0, 0.05) is 24.7 Å². The molecule has 1 aromatic heterocycles. The average molecular weight is 291 g/mol. The molecule has 0 bridgehead atoms. The third-order valence-corrected chi connectivity index (χ3v) is 4.39. The lowest BCUT2D eigenvalue weighted by molar-refractivity contribution is -0.121. The number of aryl methyl sites for hydroxylation is 1. The van der Waals surface area contributed by atoms with Gasteiger partial charge in [0.1, 0.15) is 0 Å². The van der Waals surface area contributed by atoms with E-state index in [0.29, 0.717) is 24.3 Å². The summed E-state index contributed by atoms with van der Waals surface area (Å²) in [5, 5.41) is 7.74. The molecule has 4 heteroatoms. The lowest BCUT2D eigenvalue weighted by Crippen LogP contribution is -2.34. The van der Waals surface area contributed by atoms with Crippen molar-refractivity contribution >= 4 is 5.91 Å². The molecule has 1 fully saturated rings. The fourth-order valence-electron chi connectivity index (χ4n) is 2.90. The second-order valence-electron chi connectivity index (χ2n) is 6.92. The van der Waals surface area contributed by atoms with Crippen LogP contribution < -0.4 is 5.32 Å². The van der Waals surface area contributed by atoms with Gasteiger partial charge in [-0.1, -0.05) is 13.8 Å². The maximum Gasteiger partial charge on any atom is 0.220 e. The molecule has 1 heterocycles. The monoisotopic (exact) mass is 291 g/mol. The molecular weight excluding hydrogens is 262 g/mol. The van der Waals surface area contributed by atoms with E-state index in [-0.39, 0.29) is 5.91 Å². The predicted octanol–water partition coefficient (Wildman–Crippen LogP) is 3.00. The number of rotatable bonds is 7. The summed E-state index contributed by atoms with van der Waals surface area (Å²) in [5.41, 5.74) is 3.52. The lowest BCUT2D eigenvalue weighted by atomic mass is 10.1. The Bertz CT molecular complexity index is 500. The van der Waals surface area contributed by atoms with E-state index in [2.05, 4.69) is 42.8 Å². The van der Waals surface area contributed by atoms with Crippen molar-refractivity contribution in [3.63, 3.8) is 0 Å². The molecule has 0 spiro atoms. The fourth-order valence-corrected chi connectivity index (χ4v) is 2.90. The topological polar surface area (TPSA) is 46.9 Å². The number of hydrogen-bond donors (Lipinski definition) is 1. The number of carbonyl (C=O) groups is 1. The standard InChI is InChI=1S/C17H29N3O/c1-11(2)10-20-14(5)16(13(4)19-20)8-9-17(21)18-12(3)15-6-7-15/h11-12,15H,6-10H2,1-5H3,(H,18,21). The van der Waals surface area contributed by atoms with Gasteiger partial charge in [-0.25, -0.2) is 0 Å². The number of nitrogens with zero attached hydrogens (tertiary/aromatic N) is 2. The van der Waals surface area contributed by atoms with E-state index in [1.165, 1.54) is 24.1 Å². The van der Waals surface area contributed by atoms with Crippen molar-refractivity contribution in [2.75, 3.05) is 0 Å². The minimum Gasteiger partial charge on any atom is -0.353 e. The molecule has 1 aliphatic rings. The van der Waals surface area contributed by atoms with Crippen LogP contribution in [0.1, 0.15) is 57.0 Å². The Balaban J connectivity index is 1.90. The highest BCUT2D eigenvalue weighted by molar-refractivity contribution is 5.76. The van der Waals surface area contributed by atoms with E-state index in [1.807, 2.05) is 6.92 Å². The lowest BCUT2D eigenvalue weighted by Gasteiger charge is -2.12. The summed E-state index contributed by atoms with van der Waals surface area (Å²) in [7, 11) is 0. The summed E-state index contributed by atoms with van der Waals surface area (Å²) in [6.07, 6.45) is 3.88. The zero-order valence-corrected chi connectivity index (χ0v) is 14.1. The molecule has 1 aliphatic carbocycles. The van der Waals surface area contributed by atoms with Gasteiger partial charge < -0.3 is 5.32 Å². The summed E-state index contributed by atoms with van der Waals surface area (Å²) in [6, 6.07) is 0.336. The Morgan fingerprint density at radius 2 is 2.00 bits per heavy atom. The van der Waals surface area contributed by atoms with Crippen LogP contribution in [0.4, 0.5) is 0 Å². The van der Waals surface area contributed by atoms with Crippen molar-refractivity contribution in [2.24, 2.45) is 11.8 Å². The minimum atomic E-state index is 0.171. The first kappa shape index (κ1) is 16.1. The van der Waals surface area contributed by atoms with Gasteiger partial charge in [0.2, 0.25) is 5.91 Å². The summed E-state index contributed by atoms with van der Waals surface area (Å²) in [6.45, 7) is 11.6. The zero-order valence-electron chi connectivity index (χ0n) is 14.1. The molecule has 1 N–H and O–H groups in total. The highest BCUT2D eigenvalue weighted by Gasteiger charge is 2.28. The smallest absolute Gasteiger partial charge is 0.220 e. The molecule has 0 radical (unpaired) electrons. The number of nitrogens with one attached hydrogen (secondary N) is 1. The normalized spacial score (nSPS) is 16.3. The van der Waals surface area contributed by atoms with Crippen LogP contribution in [0.3, 0.4) is 0 Å². The third-order valence-electron chi connectivity index (χ3n) is 4.39. The van der Waals surface area contributed by atoms with Crippen LogP contribution in [0, 0.1) is 25.7 Å². The van der Waals surface area contributed by atoms with Gasteiger partial charge >= 0.3 is 0 Å². The van der Waals surface area contributed by atoms with Crippen LogP contribution in [-0.4, -0.2) is 21.7 Å². The first-order valence-electron chi connectivity index (χ1n) is 8.20. The molecule has 21 heavy (non-hydrogen) atoms. The minimum absolute atomic E-state index is 0.171. The van der Waals surface area contributed by atoms with Gasteiger partial charge in [-0.3, -0.25) is 9.48 Å². The molecule has 1 aromatic rings. The second-order valence-corrected chi connectivity index (χ2v) is 6.92. The molecule has 4 nitrogen and oxygen atoms in total. The Hall–Kier alpha value is -1.32. The molecule has 0 saturated heterocycles. The van der Waals surface area contributed by atoms with E-state index in [1.54, 1.807) is 0 Å². The molecule has 0 aromatic carbocycles. The summed E-state index contributed by atoms with van der Waals surface area (Å²) < 4.78 is 2.08. The van der Waals surface area contributed by atoms with Crippen molar-refractivity contribution in [1.82, 2.24) is 15.1 Å². The van der Waals surface area contributed by atoms with Crippen LogP contribution in [-0.2, 0) is 17.8 Å². The first-order chi connectivity index (χ1) is 9.88. The number of carbonyl (C=O) groups excluding carboxylic acids is 1. The second kappa shape index (κ2) is 6.63. The Labute approximate surface area is 128 Å². The molecular formula is C17H29N3O. The van der Waals surface area contributed by atoms with Crippen LogP contribution in [0.5, 0.6) is 0 Å². The molecule has 1 amide bonds.